The van der Waals surface area contributed by atoms with Crippen molar-refractivity contribution >= 4 is 29.4 Å². The van der Waals surface area contributed by atoms with Crippen molar-refractivity contribution in [2.24, 2.45) is 0 Å². The van der Waals surface area contributed by atoms with Gasteiger partial charge in [-0.3, -0.25) is 4.79 Å². The third kappa shape index (κ3) is 5.46. The zero-order valence-corrected chi connectivity index (χ0v) is 17.9. The van der Waals surface area contributed by atoms with Gasteiger partial charge < -0.3 is 4.74 Å². The van der Waals surface area contributed by atoms with Crippen LogP contribution in [0.5, 0.6) is 5.75 Å². The first kappa shape index (κ1) is 21.5. The molecule has 4 heteroatoms. The van der Waals surface area contributed by atoms with Crippen molar-refractivity contribution in [1.29, 1.82) is 0 Å². The van der Waals surface area contributed by atoms with Gasteiger partial charge in [0.15, 0.2) is 5.78 Å². The van der Waals surface area contributed by atoms with E-state index < -0.39 is 5.97 Å². The predicted octanol–water partition coefficient (Wildman–Crippen LogP) is 6.75. The molecule has 0 spiro atoms. The second kappa shape index (κ2) is 9.10. The van der Waals surface area contributed by atoms with Crippen molar-refractivity contribution in [3.05, 3.63) is 106 Å². The van der Waals surface area contributed by atoms with Gasteiger partial charge in [0.05, 0.1) is 5.56 Å². The second-order valence-electron chi connectivity index (χ2n) is 7.96. The fourth-order valence-corrected chi connectivity index (χ4v) is 2.98. The molecular formula is C26H23ClO3. The first-order chi connectivity index (χ1) is 14.2. The van der Waals surface area contributed by atoms with E-state index in [1.54, 1.807) is 60.7 Å². The molecule has 3 nitrogen and oxygen atoms in total. The van der Waals surface area contributed by atoms with Crippen LogP contribution in [0, 0.1) is 0 Å². The summed E-state index contributed by atoms with van der Waals surface area (Å²) in [5.41, 5.74) is 2.79. The number of carbonyl (C=O) groups is 2. The molecule has 3 rings (SSSR count). The summed E-state index contributed by atoms with van der Waals surface area (Å²) in [6.07, 6.45) is 3.09. The molecule has 0 aliphatic carbocycles. The number of ketones is 1. The van der Waals surface area contributed by atoms with E-state index in [1.807, 2.05) is 18.2 Å². The van der Waals surface area contributed by atoms with Crippen molar-refractivity contribution in [3.63, 3.8) is 0 Å². The number of esters is 1. The summed E-state index contributed by atoms with van der Waals surface area (Å²) in [6.45, 7) is 6.36. The average Bonchev–Trinajstić information content (AvgIpc) is 2.73. The van der Waals surface area contributed by atoms with E-state index in [9.17, 15) is 9.59 Å². The molecule has 152 valence electrons. The van der Waals surface area contributed by atoms with Gasteiger partial charge in [0, 0.05) is 16.1 Å². The van der Waals surface area contributed by atoms with Gasteiger partial charge in [-0.1, -0.05) is 62.7 Å². The predicted molar refractivity (Wildman–Crippen MR) is 121 cm³/mol. The molecule has 0 fully saturated rings. The van der Waals surface area contributed by atoms with E-state index in [0.717, 1.165) is 5.56 Å². The molecule has 0 saturated carbocycles. The minimum Gasteiger partial charge on any atom is -0.422 e. The third-order valence-corrected chi connectivity index (χ3v) is 4.90. The van der Waals surface area contributed by atoms with E-state index in [1.165, 1.54) is 6.08 Å². The van der Waals surface area contributed by atoms with Crippen LogP contribution in [-0.2, 0) is 5.41 Å². The van der Waals surface area contributed by atoms with E-state index in [0.29, 0.717) is 27.5 Å². The molecule has 0 radical (unpaired) electrons. The van der Waals surface area contributed by atoms with Crippen molar-refractivity contribution in [2.45, 2.75) is 26.2 Å². The van der Waals surface area contributed by atoms with E-state index >= 15 is 0 Å². The molecule has 3 aromatic rings. The summed E-state index contributed by atoms with van der Waals surface area (Å²) in [6, 6.07) is 21.2. The molecule has 0 bridgehead atoms. The molecule has 0 atom stereocenters. The van der Waals surface area contributed by atoms with Gasteiger partial charge in [-0.2, -0.15) is 0 Å². The normalized spacial score (nSPS) is 11.5. The van der Waals surface area contributed by atoms with Crippen LogP contribution in [0.4, 0.5) is 0 Å². The molecule has 30 heavy (non-hydrogen) atoms. The van der Waals surface area contributed by atoms with E-state index in [4.69, 9.17) is 16.3 Å². The SMILES string of the molecule is CC(C)(C)c1ccc(C(=O)Oc2ccccc2C=CC(=O)c2ccc(Cl)cc2)cc1. The maximum Gasteiger partial charge on any atom is 0.343 e. The standard InChI is InChI=1S/C26H23ClO3/c1-26(2,3)21-13-8-20(9-14-21)25(29)30-24-7-5-4-6-19(24)12-17-23(28)18-10-15-22(27)16-11-18/h4-17H,1-3H3. The average molecular weight is 419 g/mol. The number of hydrogen-bond donors (Lipinski definition) is 0. The molecule has 0 amide bonds. The Balaban J connectivity index is 1.75. The van der Waals surface area contributed by atoms with Crippen LogP contribution in [0.1, 0.15) is 52.6 Å². The number of carbonyl (C=O) groups excluding carboxylic acids is 2. The highest BCUT2D eigenvalue weighted by Crippen LogP contribution is 2.24. The number of para-hydroxylation sites is 1. The summed E-state index contributed by atoms with van der Waals surface area (Å²) in [4.78, 5) is 25.0. The number of benzene rings is 3. The number of ether oxygens (including phenoxy) is 1. The Labute approximate surface area is 182 Å². The van der Waals surface area contributed by atoms with Crippen LogP contribution in [-0.4, -0.2) is 11.8 Å². The van der Waals surface area contributed by atoms with Crippen molar-refractivity contribution in [1.82, 2.24) is 0 Å². The van der Waals surface area contributed by atoms with Crippen LogP contribution in [0.3, 0.4) is 0 Å². The molecule has 0 N–H and O–H groups in total. The Bertz CT molecular complexity index is 1070. The monoisotopic (exact) mass is 418 g/mol. The molecule has 0 heterocycles. The van der Waals surface area contributed by atoms with Gasteiger partial charge in [-0.25, -0.2) is 4.79 Å². The van der Waals surface area contributed by atoms with Gasteiger partial charge in [0.25, 0.3) is 0 Å². The fraction of sp³-hybridized carbons (Fsp3) is 0.154. The second-order valence-corrected chi connectivity index (χ2v) is 8.40. The Morgan fingerprint density at radius 2 is 1.43 bits per heavy atom. The molecule has 0 unspecified atom stereocenters. The van der Waals surface area contributed by atoms with Gasteiger partial charge in [-0.05, 0) is 65.6 Å². The smallest absolute Gasteiger partial charge is 0.343 e. The zero-order valence-electron chi connectivity index (χ0n) is 17.2. The number of hydrogen-bond acceptors (Lipinski definition) is 3. The summed E-state index contributed by atoms with van der Waals surface area (Å²) in [7, 11) is 0. The van der Waals surface area contributed by atoms with Gasteiger partial charge in [-0.15, -0.1) is 0 Å². The summed E-state index contributed by atoms with van der Waals surface area (Å²) in [5.74, 6) is -0.214. The van der Waals surface area contributed by atoms with E-state index in [-0.39, 0.29) is 11.2 Å². The Morgan fingerprint density at radius 3 is 2.07 bits per heavy atom. The van der Waals surface area contributed by atoms with Crippen molar-refractivity contribution in [2.75, 3.05) is 0 Å². The molecular weight excluding hydrogens is 396 g/mol. The van der Waals surface area contributed by atoms with Crippen LogP contribution >= 0.6 is 11.6 Å². The fourth-order valence-electron chi connectivity index (χ4n) is 2.85. The van der Waals surface area contributed by atoms with E-state index in [2.05, 4.69) is 20.8 Å². The van der Waals surface area contributed by atoms with Crippen LogP contribution < -0.4 is 4.74 Å². The van der Waals surface area contributed by atoms with Crippen molar-refractivity contribution < 1.29 is 14.3 Å². The van der Waals surface area contributed by atoms with Crippen molar-refractivity contribution in [3.8, 4) is 5.75 Å². The molecule has 0 aliphatic rings. The summed E-state index contributed by atoms with van der Waals surface area (Å²) in [5, 5.41) is 0.573. The highest BCUT2D eigenvalue weighted by molar-refractivity contribution is 6.30. The summed E-state index contributed by atoms with van der Waals surface area (Å²) < 4.78 is 5.59. The summed E-state index contributed by atoms with van der Waals surface area (Å²) >= 11 is 5.86. The number of halogens is 1. The molecule has 0 saturated heterocycles. The van der Waals surface area contributed by atoms with Gasteiger partial charge in [0.1, 0.15) is 5.75 Å². The molecule has 0 aliphatic heterocycles. The van der Waals surface area contributed by atoms with Gasteiger partial charge in [0.2, 0.25) is 0 Å². The Kier molecular flexibility index (Phi) is 6.53. The lowest BCUT2D eigenvalue weighted by Crippen LogP contribution is -2.13. The highest BCUT2D eigenvalue weighted by atomic mass is 35.5. The zero-order chi connectivity index (χ0) is 21.7. The van der Waals surface area contributed by atoms with Crippen LogP contribution in [0.2, 0.25) is 5.02 Å². The first-order valence-electron chi connectivity index (χ1n) is 9.64. The number of rotatable bonds is 5. The molecule has 0 aromatic heterocycles. The Morgan fingerprint density at radius 1 is 0.833 bits per heavy atom. The Hall–Kier alpha value is -3.17. The third-order valence-electron chi connectivity index (χ3n) is 4.65. The maximum absolute atomic E-state index is 12.6. The van der Waals surface area contributed by atoms with Crippen LogP contribution in [0.15, 0.2) is 78.9 Å². The van der Waals surface area contributed by atoms with Crippen LogP contribution in [0.25, 0.3) is 6.08 Å². The topological polar surface area (TPSA) is 43.4 Å². The first-order valence-corrected chi connectivity index (χ1v) is 10.0. The minimum atomic E-state index is -0.444. The lowest BCUT2D eigenvalue weighted by molar-refractivity contribution is 0.0734. The lowest BCUT2D eigenvalue weighted by Gasteiger charge is -2.19. The molecule has 3 aromatic carbocycles. The number of allylic oxidation sites excluding steroid dienone is 1. The quantitative estimate of drug-likeness (QED) is 0.199. The highest BCUT2D eigenvalue weighted by Gasteiger charge is 2.15. The largest absolute Gasteiger partial charge is 0.422 e. The lowest BCUT2D eigenvalue weighted by atomic mass is 9.87. The minimum absolute atomic E-state index is 0.0104. The van der Waals surface area contributed by atoms with Gasteiger partial charge >= 0.3 is 5.97 Å². The maximum atomic E-state index is 12.6.